The molecule has 1 unspecified atom stereocenters. The maximum atomic E-state index is 13.6. The van der Waals surface area contributed by atoms with E-state index in [0.717, 1.165) is 36.0 Å². The lowest BCUT2D eigenvalue weighted by atomic mass is 9.85. The predicted octanol–water partition coefficient (Wildman–Crippen LogP) is 7.61. The van der Waals surface area contributed by atoms with E-state index in [1.54, 1.807) is 4.90 Å². The number of ketones is 1. The lowest BCUT2D eigenvalue weighted by molar-refractivity contribution is -0.132. The monoisotopic (exact) mass is 507 g/mol. The minimum atomic E-state index is -0.718. The molecular weight excluding hydrogens is 470 g/mol. The van der Waals surface area contributed by atoms with E-state index in [4.69, 9.17) is 0 Å². The van der Waals surface area contributed by atoms with E-state index in [0.29, 0.717) is 17.2 Å². The first-order valence-corrected chi connectivity index (χ1v) is 13.7. The number of benzene rings is 3. The predicted molar refractivity (Wildman–Crippen MR) is 154 cm³/mol. The largest absolute Gasteiger partial charge is 0.507 e. The highest BCUT2D eigenvalue weighted by molar-refractivity contribution is 6.51. The molecule has 2 aliphatic rings. The maximum Gasteiger partial charge on any atom is 0.300 e. The third-order valence-corrected chi connectivity index (χ3v) is 8.00. The first kappa shape index (κ1) is 26.0. The third-order valence-electron chi connectivity index (χ3n) is 8.00. The molecule has 0 aromatic heterocycles. The van der Waals surface area contributed by atoms with Crippen molar-refractivity contribution in [3.05, 3.63) is 106 Å². The molecule has 3 aromatic carbocycles. The molecule has 1 heterocycles. The van der Waals surface area contributed by atoms with E-state index >= 15 is 0 Å². The van der Waals surface area contributed by atoms with Crippen LogP contribution in [-0.2, 0) is 27.8 Å². The smallest absolute Gasteiger partial charge is 0.300 e. The summed E-state index contributed by atoms with van der Waals surface area (Å²) in [6.45, 7) is 10.7. The Balaban J connectivity index is 1.66. The zero-order valence-corrected chi connectivity index (χ0v) is 23.0. The lowest BCUT2D eigenvalue weighted by Crippen LogP contribution is -2.29. The highest BCUT2D eigenvalue weighted by atomic mass is 16.3. The van der Waals surface area contributed by atoms with E-state index in [1.807, 2.05) is 48.5 Å². The van der Waals surface area contributed by atoms with Crippen LogP contribution in [0.25, 0.3) is 5.76 Å². The van der Waals surface area contributed by atoms with Gasteiger partial charge >= 0.3 is 0 Å². The molecule has 0 radical (unpaired) electrons. The SMILES string of the molecule is CC(C)c1ccc(N2C(=O)C(=O)/C(=C(\O)c3ccc4c(c3)CCCC4)C2c2ccc(C(C)(C)C)cc2)cc1. The first-order valence-electron chi connectivity index (χ1n) is 13.7. The first-order chi connectivity index (χ1) is 18.1. The Bertz CT molecular complexity index is 1410. The van der Waals surface area contributed by atoms with Gasteiger partial charge in [-0.25, -0.2) is 0 Å². The molecule has 4 nitrogen and oxygen atoms in total. The van der Waals surface area contributed by atoms with Crippen LogP contribution in [0.5, 0.6) is 0 Å². The number of rotatable bonds is 4. The summed E-state index contributed by atoms with van der Waals surface area (Å²) in [5.41, 5.74) is 6.97. The Morgan fingerprint density at radius 1 is 0.868 bits per heavy atom. The molecule has 1 saturated heterocycles. The molecule has 196 valence electrons. The Hall–Kier alpha value is -3.66. The van der Waals surface area contributed by atoms with E-state index in [-0.39, 0.29) is 16.7 Å². The second-order valence-electron chi connectivity index (χ2n) is 12.0. The number of aliphatic hydroxyl groups is 1. The maximum absolute atomic E-state index is 13.6. The average molecular weight is 508 g/mol. The Kier molecular flexibility index (Phi) is 6.77. The standard InChI is InChI=1S/C34H37NO3/c1-21(2)22-14-18-28(19-15-22)35-30(24-12-16-27(17-13-24)34(3,4)5)29(32(37)33(35)38)31(36)26-11-10-23-8-6-7-9-25(23)20-26/h10-21,30,36H,6-9H2,1-5H3/b31-29-. The lowest BCUT2D eigenvalue weighted by Gasteiger charge is -2.27. The number of fused-ring (bicyclic) bond motifs is 1. The van der Waals surface area contributed by atoms with Crippen molar-refractivity contribution < 1.29 is 14.7 Å². The second-order valence-corrected chi connectivity index (χ2v) is 12.0. The van der Waals surface area contributed by atoms with Gasteiger partial charge in [0, 0.05) is 11.3 Å². The Morgan fingerprint density at radius 3 is 2.11 bits per heavy atom. The zero-order valence-electron chi connectivity index (χ0n) is 23.0. The van der Waals surface area contributed by atoms with Crippen LogP contribution in [0.4, 0.5) is 5.69 Å². The van der Waals surface area contributed by atoms with Crippen LogP contribution in [0.2, 0.25) is 0 Å². The van der Waals surface area contributed by atoms with Gasteiger partial charge in [-0.15, -0.1) is 0 Å². The van der Waals surface area contributed by atoms with Crippen LogP contribution in [0.15, 0.2) is 72.3 Å². The zero-order chi connectivity index (χ0) is 27.2. The normalized spacial score (nSPS) is 19.2. The minimum absolute atomic E-state index is 0.0316. The molecule has 1 atom stereocenters. The fourth-order valence-electron chi connectivity index (χ4n) is 5.64. The topological polar surface area (TPSA) is 57.6 Å². The van der Waals surface area contributed by atoms with Crippen LogP contribution < -0.4 is 4.90 Å². The number of hydrogen-bond donors (Lipinski definition) is 1. The minimum Gasteiger partial charge on any atom is -0.507 e. The van der Waals surface area contributed by atoms with Crippen LogP contribution in [0, 0.1) is 0 Å². The fourth-order valence-corrected chi connectivity index (χ4v) is 5.64. The van der Waals surface area contributed by atoms with Crippen LogP contribution in [0.3, 0.4) is 0 Å². The summed E-state index contributed by atoms with van der Waals surface area (Å²) in [6, 6.07) is 21.1. The van der Waals surface area contributed by atoms with Gasteiger partial charge in [0.05, 0.1) is 11.6 Å². The van der Waals surface area contributed by atoms with Gasteiger partial charge in [0.25, 0.3) is 11.7 Å². The van der Waals surface area contributed by atoms with Gasteiger partial charge in [-0.3, -0.25) is 14.5 Å². The van der Waals surface area contributed by atoms with Crippen LogP contribution in [0.1, 0.15) is 92.8 Å². The van der Waals surface area contributed by atoms with Crippen molar-refractivity contribution in [1.82, 2.24) is 0 Å². The number of Topliss-reactive ketones (excluding diaryl/α,β-unsaturated/α-hetero) is 1. The van der Waals surface area contributed by atoms with Gasteiger partial charge in [-0.1, -0.05) is 83.1 Å². The van der Waals surface area contributed by atoms with Crippen molar-refractivity contribution in [1.29, 1.82) is 0 Å². The van der Waals surface area contributed by atoms with E-state index in [9.17, 15) is 14.7 Å². The van der Waals surface area contributed by atoms with E-state index in [2.05, 4.69) is 52.8 Å². The number of anilines is 1. The van der Waals surface area contributed by atoms with Crippen molar-refractivity contribution in [2.24, 2.45) is 0 Å². The second kappa shape index (κ2) is 9.90. The molecular formula is C34H37NO3. The molecule has 0 spiro atoms. The molecule has 0 saturated carbocycles. The average Bonchev–Trinajstić information content (AvgIpc) is 3.17. The molecule has 5 rings (SSSR count). The molecule has 1 fully saturated rings. The van der Waals surface area contributed by atoms with Gasteiger partial charge in [0.15, 0.2) is 0 Å². The number of aliphatic hydroxyl groups excluding tert-OH is 1. The Labute approximate surface area is 226 Å². The van der Waals surface area contributed by atoms with Gasteiger partial charge in [-0.2, -0.15) is 0 Å². The molecule has 1 amide bonds. The van der Waals surface area contributed by atoms with Crippen molar-refractivity contribution in [2.75, 3.05) is 4.90 Å². The summed E-state index contributed by atoms with van der Waals surface area (Å²) < 4.78 is 0. The molecule has 3 aromatic rings. The van der Waals surface area contributed by atoms with Gasteiger partial charge in [-0.05, 0) is 83.0 Å². The van der Waals surface area contributed by atoms with Crippen molar-refractivity contribution in [2.45, 2.75) is 77.7 Å². The summed E-state index contributed by atoms with van der Waals surface area (Å²) in [5, 5.41) is 11.6. The number of hydrogen-bond acceptors (Lipinski definition) is 3. The summed E-state index contributed by atoms with van der Waals surface area (Å²) in [7, 11) is 0. The summed E-state index contributed by atoms with van der Waals surface area (Å²) >= 11 is 0. The molecule has 0 bridgehead atoms. The Morgan fingerprint density at radius 2 is 1.50 bits per heavy atom. The van der Waals surface area contributed by atoms with Crippen molar-refractivity contribution in [3.8, 4) is 0 Å². The molecule has 1 aliphatic heterocycles. The summed E-state index contributed by atoms with van der Waals surface area (Å²) in [6.07, 6.45) is 4.29. The summed E-state index contributed by atoms with van der Waals surface area (Å²) in [5.74, 6) is -1.03. The molecule has 38 heavy (non-hydrogen) atoms. The van der Waals surface area contributed by atoms with Crippen molar-refractivity contribution >= 4 is 23.1 Å². The quantitative estimate of drug-likeness (QED) is 0.225. The third kappa shape index (κ3) is 4.69. The van der Waals surface area contributed by atoms with Crippen LogP contribution >= 0.6 is 0 Å². The molecule has 4 heteroatoms. The number of aryl methyl sites for hydroxylation is 2. The fraction of sp³-hybridized carbons (Fsp3) is 0.353. The van der Waals surface area contributed by atoms with Gasteiger partial charge in [0.2, 0.25) is 0 Å². The number of nitrogens with zero attached hydrogens (tertiary/aromatic N) is 1. The van der Waals surface area contributed by atoms with Gasteiger partial charge < -0.3 is 5.11 Å². The van der Waals surface area contributed by atoms with E-state index in [1.165, 1.54) is 17.5 Å². The van der Waals surface area contributed by atoms with Gasteiger partial charge in [0.1, 0.15) is 5.76 Å². The molecule has 1 aliphatic carbocycles. The number of carbonyl (C=O) groups excluding carboxylic acids is 2. The van der Waals surface area contributed by atoms with E-state index < -0.39 is 17.7 Å². The summed E-state index contributed by atoms with van der Waals surface area (Å²) in [4.78, 5) is 28.7. The van der Waals surface area contributed by atoms with Crippen molar-refractivity contribution in [3.63, 3.8) is 0 Å². The number of amides is 1. The van der Waals surface area contributed by atoms with Crippen LogP contribution in [-0.4, -0.2) is 16.8 Å². The highest BCUT2D eigenvalue weighted by Gasteiger charge is 2.47. The molecule has 1 N–H and O–H groups in total. The highest BCUT2D eigenvalue weighted by Crippen LogP contribution is 2.43. The number of carbonyl (C=O) groups is 2.